The van der Waals surface area contributed by atoms with Crippen LogP contribution in [-0.4, -0.2) is 4.98 Å². The Balaban J connectivity index is 1.92. The quantitative estimate of drug-likeness (QED) is 0.906. The largest absolute Gasteiger partial charge is 0.305 e. The monoisotopic (exact) mass is 266 g/mol. The van der Waals surface area contributed by atoms with Gasteiger partial charge in [-0.1, -0.05) is 23.7 Å². The number of hydrogen-bond donors (Lipinski definition) is 1. The van der Waals surface area contributed by atoms with Gasteiger partial charge < -0.3 is 5.32 Å². The molecule has 90 valence electrons. The Kier molecular flexibility index (Phi) is 4.15. The second-order valence-corrected chi connectivity index (χ2v) is 5.52. The lowest BCUT2D eigenvalue weighted by Crippen LogP contribution is -2.18. The van der Waals surface area contributed by atoms with Gasteiger partial charge in [0.05, 0.1) is 10.7 Å². The van der Waals surface area contributed by atoms with Gasteiger partial charge in [0.2, 0.25) is 0 Å². The number of aromatic nitrogens is 1. The van der Waals surface area contributed by atoms with Crippen LogP contribution in [0.5, 0.6) is 0 Å². The van der Waals surface area contributed by atoms with Gasteiger partial charge >= 0.3 is 0 Å². The molecule has 0 saturated heterocycles. The zero-order chi connectivity index (χ0) is 12.3. The van der Waals surface area contributed by atoms with E-state index in [-0.39, 0.29) is 6.04 Å². The number of halogens is 1. The van der Waals surface area contributed by atoms with E-state index in [2.05, 4.69) is 22.6 Å². The smallest absolute Gasteiger partial charge is 0.0898 e. The fourth-order valence-electron chi connectivity index (χ4n) is 1.56. The average Bonchev–Trinajstić information content (AvgIpc) is 2.75. The van der Waals surface area contributed by atoms with Crippen molar-refractivity contribution in [1.82, 2.24) is 10.3 Å². The molecule has 1 aromatic heterocycles. The van der Waals surface area contributed by atoms with Crippen LogP contribution in [0.1, 0.15) is 29.2 Å². The summed E-state index contributed by atoms with van der Waals surface area (Å²) in [4.78, 5) is 4.47. The van der Waals surface area contributed by atoms with E-state index in [1.807, 2.05) is 31.2 Å². The summed E-state index contributed by atoms with van der Waals surface area (Å²) in [5.74, 6) is 0. The van der Waals surface area contributed by atoms with E-state index >= 15 is 0 Å². The minimum absolute atomic E-state index is 0.274. The Morgan fingerprint density at radius 2 is 2.06 bits per heavy atom. The van der Waals surface area contributed by atoms with Crippen LogP contribution in [0.4, 0.5) is 0 Å². The number of nitrogens with one attached hydrogen (secondary N) is 1. The predicted octanol–water partition coefficient (Wildman–Crippen LogP) is 3.96. The van der Waals surface area contributed by atoms with Crippen molar-refractivity contribution in [2.24, 2.45) is 0 Å². The lowest BCUT2D eigenvalue weighted by atomic mass is 10.2. The first kappa shape index (κ1) is 12.6. The van der Waals surface area contributed by atoms with E-state index in [4.69, 9.17) is 11.6 Å². The molecule has 4 heteroatoms. The maximum Gasteiger partial charge on any atom is 0.0898 e. The van der Waals surface area contributed by atoms with Gasteiger partial charge in [0.15, 0.2) is 0 Å². The van der Waals surface area contributed by atoms with Crippen molar-refractivity contribution in [3.63, 3.8) is 0 Å². The lowest BCUT2D eigenvalue weighted by Gasteiger charge is -2.11. The van der Waals surface area contributed by atoms with Crippen molar-refractivity contribution in [3.05, 3.63) is 50.9 Å². The Hall–Kier alpha value is -0.900. The summed E-state index contributed by atoms with van der Waals surface area (Å²) < 4.78 is 0. The molecule has 0 bridgehead atoms. The minimum Gasteiger partial charge on any atom is -0.305 e. The molecule has 2 aromatic rings. The minimum atomic E-state index is 0.274. The Morgan fingerprint density at radius 1 is 1.35 bits per heavy atom. The Bertz CT molecular complexity index is 478. The van der Waals surface area contributed by atoms with Crippen LogP contribution in [0, 0.1) is 6.92 Å². The molecule has 0 aliphatic carbocycles. The van der Waals surface area contributed by atoms with Crippen LogP contribution >= 0.6 is 22.9 Å². The summed E-state index contributed by atoms with van der Waals surface area (Å²) >= 11 is 7.53. The highest BCUT2D eigenvalue weighted by Gasteiger charge is 2.07. The number of thiazole rings is 1. The SMILES string of the molecule is Cc1nc(C(C)NCc2ccc(Cl)cc2)cs1. The topological polar surface area (TPSA) is 24.9 Å². The highest BCUT2D eigenvalue weighted by atomic mass is 35.5. The van der Waals surface area contributed by atoms with Gasteiger partial charge in [-0.3, -0.25) is 0 Å². The van der Waals surface area contributed by atoms with Crippen molar-refractivity contribution < 1.29 is 0 Å². The number of hydrogen-bond acceptors (Lipinski definition) is 3. The molecule has 2 rings (SSSR count). The highest BCUT2D eigenvalue weighted by molar-refractivity contribution is 7.09. The van der Waals surface area contributed by atoms with Crippen LogP contribution in [0.2, 0.25) is 5.02 Å². The summed E-state index contributed by atoms with van der Waals surface area (Å²) in [7, 11) is 0. The zero-order valence-electron chi connectivity index (χ0n) is 9.90. The lowest BCUT2D eigenvalue weighted by molar-refractivity contribution is 0.563. The third-order valence-corrected chi connectivity index (χ3v) is 3.65. The number of aryl methyl sites for hydroxylation is 1. The van der Waals surface area contributed by atoms with E-state index in [0.717, 1.165) is 22.3 Å². The maximum absolute atomic E-state index is 5.84. The van der Waals surface area contributed by atoms with Gasteiger partial charge in [-0.05, 0) is 31.5 Å². The van der Waals surface area contributed by atoms with Crippen LogP contribution in [0.25, 0.3) is 0 Å². The first-order valence-corrected chi connectivity index (χ1v) is 6.81. The Morgan fingerprint density at radius 3 is 2.65 bits per heavy atom. The molecule has 0 saturated carbocycles. The van der Waals surface area contributed by atoms with Crippen molar-refractivity contribution in [2.75, 3.05) is 0 Å². The standard InChI is InChI=1S/C13H15ClN2S/c1-9(13-8-17-10(2)16-13)15-7-11-3-5-12(14)6-4-11/h3-6,8-9,15H,7H2,1-2H3. The number of benzene rings is 1. The van der Waals surface area contributed by atoms with Crippen LogP contribution in [0.3, 0.4) is 0 Å². The summed E-state index contributed by atoms with van der Waals surface area (Å²) in [6.45, 7) is 4.99. The van der Waals surface area contributed by atoms with Crippen LogP contribution in [0.15, 0.2) is 29.6 Å². The van der Waals surface area contributed by atoms with E-state index < -0.39 is 0 Å². The van der Waals surface area contributed by atoms with Crippen molar-refractivity contribution in [1.29, 1.82) is 0 Å². The summed E-state index contributed by atoms with van der Waals surface area (Å²) in [5.41, 5.74) is 2.34. The molecule has 0 amide bonds. The molecule has 0 aliphatic rings. The fraction of sp³-hybridized carbons (Fsp3) is 0.308. The highest BCUT2D eigenvalue weighted by Crippen LogP contribution is 2.16. The summed E-state index contributed by atoms with van der Waals surface area (Å²) in [5, 5.41) is 7.44. The predicted molar refractivity (Wildman–Crippen MR) is 73.6 cm³/mol. The molecule has 1 atom stereocenters. The first-order chi connectivity index (χ1) is 8.15. The van der Waals surface area contributed by atoms with Gasteiger partial charge in [-0.15, -0.1) is 11.3 Å². The number of rotatable bonds is 4. The van der Waals surface area contributed by atoms with Crippen molar-refractivity contribution >= 4 is 22.9 Å². The fourth-order valence-corrected chi connectivity index (χ4v) is 2.39. The molecule has 2 nitrogen and oxygen atoms in total. The van der Waals surface area contributed by atoms with Gasteiger partial charge in [-0.2, -0.15) is 0 Å². The zero-order valence-corrected chi connectivity index (χ0v) is 11.5. The normalized spacial score (nSPS) is 12.6. The van der Waals surface area contributed by atoms with Gasteiger partial charge in [0.1, 0.15) is 0 Å². The molecule has 0 aliphatic heterocycles. The molecule has 1 aromatic carbocycles. The van der Waals surface area contributed by atoms with E-state index in [1.165, 1.54) is 5.56 Å². The molecule has 0 fully saturated rings. The van der Waals surface area contributed by atoms with Gasteiger partial charge in [-0.25, -0.2) is 4.98 Å². The first-order valence-electron chi connectivity index (χ1n) is 5.55. The van der Waals surface area contributed by atoms with Crippen molar-refractivity contribution in [3.8, 4) is 0 Å². The molecule has 0 spiro atoms. The van der Waals surface area contributed by atoms with E-state index in [0.29, 0.717) is 0 Å². The molecular formula is C13H15ClN2S. The third kappa shape index (κ3) is 3.53. The van der Waals surface area contributed by atoms with Crippen molar-refractivity contribution in [2.45, 2.75) is 26.4 Å². The van der Waals surface area contributed by atoms with Crippen LogP contribution in [-0.2, 0) is 6.54 Å². The van der Waals surface area contributed by atoms with Gasteiger partial charge in [0, 0.05) is 23.0 Å². The molecule has 0 radical (unpaired) electrons. The second kappa shape index (κ2) is 5.63. The molecule has 17 heavy (non-hydrogen) atoms. The molecule has 1 heterocycles. The average molecular weight is 267 g/mol. The summed E-state index contributed by atoms with van der Waals surface area (Å²) in [6.07, 6.45) is 0. The molecular weight excluding hydrogens is 252 g/mol. The van der Waals surface area contributed by atoms with Gasteiger partial charge in [0.25, 0.3) is 0 Å². The van der Waals surface area contributed by atoms with E-state index in [1.54, 1.807) is 11.3 Å². The summed E-state index contributed by atoms with van der Waals surface area (Å²) in [6, 6.07) is 8.17. The molecule has 1 unspecified atom stereocenters. The number of nitrogens with zero attached hydrogens (tertiary/aromatic N) is 1. The maximum atomic E-state index is 5.84. The van der Waals surface area contributed by atoms with Crippen LogP contribution < -0.4 is 5.32 Å². The van der Waals surface area contributed by atoms with E-state index in [9.17, 15) is 0 Å². The second-order valence-electron chi connectivity index (χ2n) is 4.02. The Labute approximate surface area is 111 Å². The third-order valence-electron chi connectivity index (χ3n) is 2.61. The molecule has 1 N–H and O–H groups in total.